The van der Waals surface area contributed by atoms with Gasteiger partial charge >= 0.3 is 0 Å². The number of hydrogen-bond acceptors (Lipinski definition) is 1. The Morgan fingerprint density at radius 3 is 1.42 bits per heavy atom. The lowest BCUT2D eigenvalue weighted by Crippen LogP contribution is -2.11. The van der Waals surface area contributed by atoms with Crippen molar-refractivity contribution in [1.82, 2.24) is 4.57 Å². The molecule has 0 spiro atoms. The topological polar surface area (TPSA) is 8.17 Å². The molecular formula is C58H40N2. The SMILES string of the molecule is c1ccc(-c2ccc(N(c3ccc4c5ccccc5n(-c5ccccc5-c5ccccc5)c4c3)c3ccc(-c4ccccc4)c4ccccc34)cc2-c2ccccc2)cc1. The van der Waals surface area contributed by atoms with Crippen LogP contribution in [0.3, 0.4) is 0 Å². The molecule has 0 saturated heterocycles. The molecule has 0 fully saturated rings. The molecule has 0 atom stereocenters. The van der Waals surface area contributed by atoms with Crippen LogP contribution in [0.15, 0.2) is 243 Å². The average molecular weight is 765 g/mol. The molecule has 0 aliphatic carbocycles. The van der Waals surface area contributed by atoms with Crippen LogP contribution in [0.4, 0.5) is 17.1 Å². The van der Waals surface area contributed by atoms with E-state index in [0.717, 1.165) is 28.3 Å². The lowest BCUT2D eigenvalue weighted by Gasteiger charge is -2.29. The van der Waals surface area contributed by atoms with Gasteiger partial charge in [0.25, 0.3) is 0 Å². The lowest BCUT2D eigenvalue weighted by atomic mass is 9.93. The Kier molecular flexibility index (Phi) is 8.87. The second kappa shape index (κ2) is 15.1. The van der Waals surface area contributed by atoms with Gasteiger partial charge in [0.05, 0.1) is 22.4 Å². The van der Waals surface area contributed by atoms with Crippen molar-refractivity contribution in [3.8, 4) is 50.2 Å². The molecule has 2 heteroatoms. The van der Waals surface area contributed by atoms with Gasteiger partial charge in [0.1, 0.15) is 0 Å². The Balaban J connectivity index is 1.20. The molecule has 60 heavy (non-hydrogen) atoms. The van der Waals surface area contributed by atoms with Crippen molar-refractivity contribution in [3.63, 3.8) is 0 Å². The number of nitrogens with zero attached hydrogens (tertiary/aromatic N) is 2. The Morgan fingerprint density at radius 2 is 0.733 bits per heavy atom. The highest BCUT2D eigenvalue weighted by Crippen LogP contribution is 2.46. The highest BCUT2D eigenvalue weighted by Gasteiger charge is 2.22. The van der Waals surface area contributed by atoms with Gasteiger partial charge in [-0.1, -0.05) is 200 Å². The first-order valence-corrected chi connectivity index (χ1v) is 20.6. The zero-order chi connectivity index (χ0) is 39.8. The summed E-state index contributed by atoms with van der Waals surface area (Å²) in [5.41, 5.74) is 16.3. The molecule has 0 aliphatic heterocycles. The number of hydrogen-bond donors (Lipinski definition) is 0. The minimum Gasteiger partial charge on any atom is -0.310 e. The fourth-order valence-electron chi connectivity index (χ4n) is 9.06. The summed E-state index contributed by atoms with van der Waals surface area (Å²) in [6.45, 7) is 0. The zero-order valence-electron chi connectivity index (χ0n) is 33.0. The summed E-state index contributed by atoms with van der Waals surface area (Å²) < 4.78 is 2.46. The van der Waals surface area contributed by atoms with E-state index in [1.54, 1.807) is 0 Å². The standard InChI is InChI=1S/C58H40N2/c1-5-19-41(20-6-1)47-37-38-57(51-29-14-13-28-50(47)51)59(45-33-35-48(42-21-7-2-8-22-42)54(39-45)44-25-11-4-12-26-44)46-34-36-53-52-30-16-18-32-56(52)60(58(53)40-46)55-31-17-15-27-49(55)43-23-9-3-10-24-43/h1-40H. The quantitative estimate of drug-likeness (QED) is 0.150. The van der Waals surface area contributed by atoms with Gasteiger partial charge in [-0.15, -0.1) is 0 Å². The van der Waals surface area contributed by atoms with Gasteiger partial charge in [0, 0.05) is 33.1 Å². The maximum Gasteiger partial charge on any atom is 0.0562 e. The van der Waals surface area contributed by atoms with Crippen molar-refractivity contribution >= 4 is 49.6 Å². The number of fused-ring (bicyclic) bond motifs is 4. The van der Waals surface area contributed by atoms with Gasteiger partial charge in [-0.2, -0.15) is 0 Å². The third-order valence-electron chi connectivity index (χ3n) is 11.8. The first-order valence-electron chi connectivity index (χ1n) is 20.6. The van der Waals surface area contributed by atoms with Gasteiger partial charge < -0.3 is 9.47 Å². The molecule has 0 bridgehead atoms. The van der Waals surface area contributed by atoms with Crippen molar-refractivity contribution < 1.29 is 0 Å². The Labute approximate surface area is 350 Å². The van der Waals surface area contributed by atoms with Crippen LogP contribution in [-0.2, 0) is 0 Å². The van der Waals surface area contributed by atoms with Crippen molar-refractivity contribution in [2.24, 2.45) is 0 Å². The Morgan fingerprint density at radius 1 is 0.267 bits per heavy atom. The molecule has 0 radical (unpaired) electrons. The maximum absolute atomic E-state index is 2.46. The fourth-order valence-corrected chi connectivity index (χ4v) is 9.06. The molecule has 0 saturated carbocycles. The summed E-state index contributed by atoms with van der Waals surface area (Å²) in [6, 6.07) is 88.0. The van der Waals surface area contributed by atoms with Crippen LogP contribution in [-0.4, -0.2) is 4.57 Å². The van der Waals surface area contributed by atoms with Crippen LogP contribution in [0.25, 0.3) is 82.8 Å². The monoisotopic (exact) mass is 764 g/mol. The van der Waals surface area contributed by atoms with Crippen LogP contribution in [0, 0.1) is 0 Å². The van der Waals surface area contributed by atoms with Gasteiger partial charge in [-0.3, -0.25) is 0 Å². The predicted octanol–water partition coefficient (Wildman–Crippen LogP) is 16.1. The first kappa shape index (κ1) is 35.2. The number of benzene rings is 10. The minimum atomic E-state index is 1.08. The minimum absolute atomic E-state index is 1.08. The van der Waals surface area contributed by atoms with E-state index in [9.17, 15) is 0 Å². The summed E-state index contributed by atoms with van der Waals surface area (Å²) in [7, 11) is 0. The molecule has 0 aliphatic rings. The molecule has 1 aromatic heterocycles. The van der Waals surface area contributed by atoms with E-state index in [2.05, 4.69) is 252 Å². The molecule has 0 amide bonds. The van der Waals surface area contributed by atoms with Gasteiger partial charge in [-0.05, 0) is 86.8 Å². The summed E-state index contributed by atoms with van der Waals surface area (Å²) in [5, 5.41) is 4.83. The van der Waals surface area contributed by atoms with Crippen LogP contribution in [0.5, 0.6) is 0 Å². The number of aromatic nitrogens is 1. The van der Waals surface area contributed by atoms with E-state index >= 15 is 0 Å². The summed E-state index contributed by atoms with van der Waals surface area (Å²) >= 11 is 0. The number of rotatable bonds is 8. The Bertz CT molecular complexity index is 3300. The van der Waals surface area contributed by atoms with E-state index in [4.69, 9.17) is 0 Å². The highest BCUT2D eigenvalue weighted by atomic mass is 15.1. The number of para-hydroxylation sites is 2. The first-order chi connectivity index (χ1) is 29.8. The smallest absolute Gasteiger partial charge is 0.0562 e. The Hall–Kier alpha value is -7.94. The maximum atomic E-state index is 2.46. The molecule has 10 aromatic carbocycles. The van der Waals surface area contributed by atoms with E-state index in [1.165, 1.54) is 71.6 Å². The van der Waals surface area contributed by atoms with Crippen molar-refractivity contribution in [2.45, 2.75) is 0 Å². The molecule has 1 heterocycles. The third kappa shape index (κ3) is 6.14. The molecule has 11 rings (SSSR count). The van der Waals surface area contributed by atoms with Gasteiger partial charge in [-0.25, -0.2) is 0 Å². The second-order valence-electron chi connectivity index (χ2n) is 15.3. The lowest BCUT2D eigenvalue weighted by molar-refractivity contribution is 1.18. The van der Waals surface area contributed by atoms with Crippen molar-refractivity contribution in [1.29, 1.82) is 0 Å². The highest BCUT2D eigenvalue weighted by molar-refractivity contribution is 6.12. The van der Waals surface area contributed by atoms with E-state index in [1.807, 2.05) is 0 Å². The van der Waals surface area contributed by atoms with Crippen molar-refractivity contribution in [3.05, 3.63) is 243 Å². The summed E-state index contributed by atoms with van der Waals surface area (Å²) in [4.78, 5) is 2.46. The number of anilines is 3. The predicted molar refractivity (Wildman–Crippen MR) is 255 cm³/mol. The van der Waals surface area contributed by atoms with E-state index < -0.39 is 0 Å². The zero-order valence-corrected chi connectivity index (χ0v) is 33.0. The van der Waals surface area contributed by atoms with Crippen molar-refractivity contribution in [2.75, 3.05) is 4.90 Å². The molecule has 0 unspecified atom stereocenters. The van der Waals surface area contributed by atoms with Gasteiger partial charge in [0.15, 0.2) is 0 Å². The van der Waals surface area contributed by atoms with Gasteiger partial charge in [0.2, 0.25) is 0 Å². The van der Waals surface area contributed by atoms with Crippen LogP contribution in [0.1, 0.15) is 0 Å². The molecule has 2 nitrogen and oxygen atoms in total. The third-order valence-corrected chi connectivity index (χ3v) is 11.8. The van der Waals surface area contributed by atoms with E-state index in [0.29, 0.717) is 0 Å². The van der Waals surface area contributed by atoms with Crippen LogP contribution < -0.4 is 4.90 Å². The fraction of sp³-hybridized carbons (Fsp3) is 0. The van der Waals surface area contributed by atoms with Crippen LogP contribution in [0.2, 0.25) is 0 Å². The second-order valence-corrected chi connectivity index (χ2v) is 15.3. The van der Waals surface area contributed by atoms with E-state index in [-0.39, 0.29) is 0 Å². The molecule has 11 aromatic rings. The normalized spacial score (nSPS) is 11.3. The molecule has 0 N–H and O–H groups in total. The average Bonchev–Trinajstić information content (AvgIpc) is 3.66. The molecule has 282 valence electrons. The van der Waals surface area contributed by atoms with Crippen LogP contribution >= 0.6 is 0 Å². The largest absolute Gasteiger partial charge is 0.310 e. The summed E-state index contributed by atoms with van der Waals surface area (Å²) in [5.74, 6) is 0. The molecular weight excluding hydrogens is 725 g/mol. The summed E-state index contributed by atoms with van der Waals surface area (Å²) in [6.07, 6.45) is 0.